The Bertz CT molecular complexity index is 1280. The Labute approximate surface area is 192 Å². The predicted molar refractivity (Wildman–Crippen MR) is 119 cm³/mol. The molecule has 4 rings (SSSR count). The van der Waals surface area contributed by atoms with E-state index in [4.69, 9.17) is 16.3 Å². The first-order valence-corrected chi connectivity index (χ1v) is 9.98. The lowest BCUT2D eigenvalue weighted by molar-refractivity contribution is -0.385. The largest absolute Gasteiger partial charge is 0.481 e. The van der Waals surface area contributed by atoms with Gasteiger partial charge in [-0.1, -0.05) is 41.9 Å². The summed E-state index contributed by atoms with van der Waals surface area (Å²) >= 11 is 6.24. The third kappa shape index (κ3) is 4.68. The molecule has 0 aliphatic carbocycles. The van der Waals surface area contributed by atoms with Crippen LogP contribution in [0.3, 0.4) is 0 Å². The Morgan fingerprint density at radius 1 is 1.09 bits per heavy atom. The van der Waals surface area contributed by atoms with Gasteiger partial charge >= 0.3 is 5.69 Å². The summed E-state index contributed by atoms with van der Waals surface area (Å²) in [6.07, 6.45) is 1.23. The smallest absolute Gasteiger partial charge is 0.313 e. The highest BCUT2D eigenvalue weighted by atomic mass is 35.5. The summed E-state index contributed by atoms with van der Waals surface area (Å²) in [4.78, 5) is 36.0. The molecule has 0 radical (unpaired) electrons. The summed E-state index contributed by atoms with van der Waals surface area (Å²) < 4.78 is 18.6. The Morgan fingerprint density at radius 2 is 1.79 bits per heavy atom. The monoisotopic (exact) mass is 467 g/mol. The fourth-order valence-electron chi connectivity index (χ4n) is 3.18. The third-order valence-corrected chi connectivity index (χ3v) is 5.04. The number of nitro benzene ring substituents is 1. The molecule has 1 fully saturated rings. The van der Waals surface area contributed by atoms with Crippen LogP contribution in [-0.2, 0) is 16.2 Å². The van der Waals surface area contributed by atoms with E-state index in [2.05, 4.69) is 5.43 Å². The summed E-state index contributed by atoms with van der Waals surface area (Å²) in [5.41, 5.74) is 3.03. The number of nitrogens with zero attached hydrogens (tertiary/aromatic N) is 2. The second kappa shape index (κ2) is 9.09. The van der Waals surface area contributed by atoms with Gasteiger partial charge < -0.3 is 4.74 Å². The topological polar surface area (TPSA) is 102 Å². The van der Waals surface area contributed by atoms with E-state index in [1.165, 1.54) is 36.4 Å². The number of benzene rings is 3. The number of halogens is 2. The number of para-hydroxylation sites is 1. The standard InChI is InChI=1S/C23H15ClFN3O5/c24-19-11-15(10-18-22(29)26-27(23(18)30)17-4-2-1-3-5-17)12-20(28(31)32)21(19)33-13-14-6-8-16(25)9-7-14/h1-12H,13H2,(H,26,29). The van der Waals surface area contributed by atoms with Crippen LogP contribution in [0.25, 0.3) is 6.08 Å². The van der Waals surface area contributed by atoms with Gasteiger partial charge in [-0.2, -0.15) is 0 Å². The van der Waals surface area contributed by atoms with E-state index < -0.39 is 28.2 Å². The molecule has 10 heteroatoms. The van der Waals surface area contributed by atoms with Gasteiger partial charge in [0.2, 0.25) is 5.75 Å². The van der Waals surface area contributed by atoms with Gasteiger partial charge in [0, 0.05) is 6.07 Å². The van der Waals surface area contributed by atoms with Gasteiger partial charge in [-0.15, -0.1) is 0 Å². The average molecular weight is 468 g/mol. The lowest BCUT2D eigenvalue weighted by Gasteiger charge is -2.13. The van der Waals surface area contributed by atoms with Crippen molar-refractivity contribution in [3.05, 3.63) is 104 Å². The van der Waals surface area contributed by atoms with Gasteiger partial charge in [-0.3, -0.25) is 25.1 Å². The van der Waals surface area contributed by atoms with E-state index in [0.717, 1.165) is 11.1 Å². The molecule has 1 saturated heterocycles. The number of carbonyl (C=O) groups excluding carboxylic acids is 2. The molecule has 0 aromatic heterocycles. The van der Waals surface area contributed by atoms with Crippen molar-refractivity contribution >= 4 is 40.9 Å². The van der Waals surface area contributed by atoms with Crippen LogP contribution >= 0.6 is 11.6 Å². The molecule has 1 aliphatic heterocycles. The van der Waals surface area contributed by atoms with Crippen molar-refractivity contribution in [2.75, 3.05) is 5.01 Å². The van der Waals surface area contributed by atoms with Crippen molar-refractivity contribution in [2.24, 2.45) is 0 Å². The third-order valence-electron chi connectivity index (χ3n) is 4.76. The van der Waals surface area contributed by atoms with Crippen molar-refractivity contribution < 1.29 is 23.6 Å². The van der Waals surface area contributed by atoms with E-state index in [-0.39, 0.29) is 28.5 Å². The molecular weight excluding hydrogens is 453 g/mol. The van der Waals surface area contributed by atoms with Gasteiger partial charge in [0.1, 0.15) is 18.0 Å². The Hall–Kier alpha value is -4.24. The fourth-order valence-corrected chi connectivity index (χ4v) is 3.46. The Kier molecular flexibility index (Phi) is 6.05. The van der Waals surface area contributed by atoms with Crippen LogP contribution in [0.4, 0.5) is 15.8 Å². The molecule has 1 heterocycles. The molecular formula is C23H15ClFN3O5. The zero-order valence-corrected chi connectivity index (χ0v) is 17.6. The normalized spacial score (nSPS) is 14.5. The first-order valence-electron chi connectivity index (χ1n) is 9.61. The van der Waals surface area contributed by atoms with Gasteiger partial charge in [0.25, 0.3) is 11.8 Å². The van der Waals surface area contributed by atoms with Crippen molar-refractivity contribution in [3.63, 3.8) is 0 Å². The number of rotatable bonds is 6. The van der Waals surface area contributed by atoms with Crippen LogP contribution in [0.2, 0.25) is 5.02 Å². The highest BCUT2D eigenvalue weighted by Gasteiger charge is 2.34. The number of nitro groups is 1. The van der Waals surface area contributed by atoms with E-state index in [1.807, 2.05) is 0 Å². The van der Waals surface area contributed by atoms with Crippen LogP contribution in [-0.4, -0.2) is 16.7 Å². The van der Waals surface area contributed by atoms with Crippen molar-refractivity contribution in [2.45, 2.75) is 6.61 Å². The molecule has 0 spiro atoms. The molecule has 1 N–H and O–H groups in total. The predicted octanol–water partition coefficient (Wildman–Crippen LogP) is 4.43. The molecule has 1 aliphatic rings. The number of hydrogen-bond donors (Lipinski definition) is 1. The first-order chi connectivity index (χ1) is 15.8. The second-order valence-electron chi connectivity index (χ2n) is 7.00. The molecule has 3 aromatic carbocycles. The maximum atomic E-state index is 13.1. The molecule has 0 bridgehead atoms. The van der Waals surface area contributed by atoms with E-state index in [0.29, 0.717) is 11.3 Å². The van der Waals surface area contributed by atoms with E-state index >= 15 is 0 Å². The second-order valence-corrected chi connectivity index (χ2v) is 7.41. The van der Waals surface area contributed by atoms with Crippen molar-refractivity contribution in [1.29, 1.82) is 0 Å². The number of amides is 2. The van der Waals surface area contributed by atoms with Crippen molar-refractivity contribution in [3.8, 4) is 5.75 Å². The average Bonchev–Trinajstić information content (AvgIpc) is 3.08. The SMILES string of the molecule is O=C1NN(c2ccccc2)C(=O)C1=Cc1cc(Cl)c(OCc2ccc(F)cc2)c([N+](=O)[O-])c1. The van der Waals surface area contributed by atoms with Gasteiger partial charge in [-0.05, 0) is 47.5 Å². The summed E-state index contributed by atoms with van der Waals surface area (Å²) in [5, 5.41) is 12.6. The Balaban J connectivity index is 1.63. The molecule has 2 amide bonds. The maximum absolute atomic E-state index is 13.1. The zero-order valence-electron chi connectivity index (χ0n) is 16.8. The minimum Gasteiger partial charge on any atom is -0.481 e. The first kappa shape index (κ1) is 22.0. The van der Waals surface area contributed by atoms with Crippen LogP contribution in [0.1, 0.15) is 11.1 Å². The minimum atomic E-state index is -0.680. The quantitative estimate of drug-likeness (QED) is 0.250. The van der Waals surface area contributed by atoms with Gasteiger partial charge in [0.15, 0.2) is 0 Å². The van der Waals surface area contributed by atoms with Gasteiger partial charge in [0.05, 0.1) is 15.6 Å². The highest BCUT2D eigenvalue weighted by Crippen LogP contribution is 2.37. The summed E-state index contributed by atoms with van der Waals surface area (Å²) in [5.74, 6) is -1.86. The fraction of sp³-hybridized carbons (Fsp3) is 0.0435. The molecule has 166 valence electrons. The lowest BCUT2D eigenvalue weighted by atomic mass is 10.1. The maximum Gasteiger partial charge on any atom is 0.313 e. The highest BCUT2D eigenvalue weighted by molar-refractivity contribution is 6.33. The molecule has 0 unspecified atom stereocenters. The number of carbonyl (C=O) groups is 2. The summed E-state index contributed by atoms with van der Waals surface area (Å²) in [6, 6.07) is 16.5. The van der Waals surface area contributed by atoms with Crippen LogP contribution in [0.15, 0.2) is 72.3 Å². The molecule has 0 saturated carbocycles. The van der Waals surface area contributed by atoms with Crippen LogP contribution < -0.4 is 15.2 Å². The van der Waals surface area contributed by atoms with Crippen LogP contribution in [0, 0.1) is 15.9 Å². The van der Waals surface area contributed by atoms with Crippen LogP contribution in [0.5, 0.6) is 5.75 Å². The van der Waals surface area contributed by atoms with E-state index in [9.17, 15) is 24.1 Å². The minimum absolute atomic E-state index is 0.0752. The Morgan fingerprint density at radius 3 is 2.45 bits per heavy atom. The number of ether oxygens (including phenoxy) is 1. The number of hydrogen-bond acceptors (Lipinski definition) is 5. The van der Waals surface area contributed by atoms with E-state index in [1.54, 1.807) is 30.3 Å². The zero-order chi connectivity index (χ0) is 23.5. The lowest BCUT2D eigenvalue weighted by Crippen LogP contribution is -2.35. The molecule has 33 heavy (non-hydrogen) atoms. The van der Waals surface area contributed by atoms with Gasteiger partial charge in [-0.25, -0.2) is 9.40 Å². The van der Waals surface area contributed by atoms with Crippen molar-refractivity contribution in [1.82, 2.24) is 5.43 Å². The summed E-state index contributed by atoms with van der Waals surface area (Å²) in [6.45, 7) is -0.0752. The molecule has 8 nitrogen and oxygen atoms in total. The number of nitrogens with one attached hydrogen (secondary N) is 1. The molecule has 0 atom stereocenters. The number of hydrazine groups is 1. The summed E-state index contributed by atoms with van der Waals surface area (Å²) in [7, 11) is 0. The number of anilines is 1. The molecule has 3 aromatic rings.